The Labute approximate surface area is 152 Å². The van der Waals surface area contributed by atoms with Gasteiger partial charge in [-0.1, -0.05) is 24.3 Å². The van der Waals surface area contributed by atoms with Crippen LogP contribution in [0.5, 0.6) is 5.75 Å². The Bertz CT molecular complexity index is 902. The lowest BCUT2D eigenvalue weighted by Gasteiger charge is -2.21. The zero-order valence-electron chi connectivity index (χ0n) is 14.9. The summed E-state index contributed by atoms with van der Waals surface area (Å²) in [6.07, 6.45) is -0.538. The van der Waals surface area contributed by atoms with Gasteiger partial charge in [-0.3, -0.25) is 4.79 Å². The smallest absolute Gasteiger partial charge is 0.222 e. The lowest BCUT2D eigenvalue weighted by molar-refractivity contribution is -0.122. The number of imidazole rings is 1. The number of amides is 1. The number of nitrogens with one attached hydrogen (secondary N) is 1. The molecule has 2 aromatic carbocycles. The van der Waals surface area contributed by atoms with Crippen molar-refractivity contribution in [2.45, 2.75) is 39.0 Å². The molecule has 0 bridgehead atoms. The predicted molar refractivity (Wildman–Crippen MR) is 99.8 cm³/mol. The van der Waals surface area contributed by atoms with Gasteiger partial charge in [0.25, 0.3) is 0 Å². The van der Waals surface area contributed by atoms with Crippen molar-refractivity contribution in [3.63, 3.8) is 0 Å². The van der Waals surface area contributed by atoms with Crippen LogP contribution in [0, 0.1) is 6.92 Å². The van der Waals surface area contributed by atoms with Gasteiger partial charge in [-0.05, 0) is 43.7 Å². The number of aromatic hydroxyl groups is 1. The summed E-state index contributed by atoms with van der Waals surface area (Å²) in [5.74, 6) is 0.879. The summed E-state index contributed by atoms with van der Waals surface area (Å²) in [4.78, 5) is 16.8. The molecule has 1 amide bonds. The van der Waals surface area contributed by atoms with Crippen molar-refractivity contribution in [1.82, 2.24) is 14.9 Å². The molecule has 6 nitrogen and oxygen atoms in total. The second-order valence-corrected chi connectivity index (χ2v) is 6.44. The molecule has 0 radical (unpaired) electrons. The van der Waals surface area contributed by atoms with E-state index in [0.717, 1.165) is 16.9 Å². The van der Waals surface area contributed by atoms with Crippen molar-refractivity contribution in [3.8, 4) is 5.75 Å². The number of fused-ring (bicyclic) bond motifs is 1. The number of phenolic OH excluding ortho intramolecular Hbond substituents is 1. The summed E-state index contributed by atoms with van der Waals surface area (Å²) < 4.78 is 2.02. The number of nitrogens with zero attached hydrogens (tertiary/aromatic N) is 2. The molecule has 0 aliphatic heterocycles. The summed E-state index contributed by atoms with van der Waals surface area (Å²) >= 11 is 0. The first kappa shape index (κ1) is 17.9. The number of benzene rings is 2. The van der Waals surface area contributed by atoms with E-state index in [1.54, 1.807) is 19.1 Å². The van der Waals surface area contributed by atoms with Gasteiger partial charge in [0, 0.05) is 13.0 Å². The first-order chi connectivity index (χ1) is 12.5. The number of hydrogen-bond acceptors (Lipinski definition) is 4. The third-order valence-corrected chi connectivity index (χ3v) is 4.50. The topological polar surface area (TPSA) is 87.4 Å². The molecule has 0 saturated carbocycles. The van der Waals surface area contributed by atoms with Crippen molar-refractivity contribution >= 4 is 16.9 Å². The highest BCUT2D eigenvalue weighted by molar-refractivity contribution is 5.78. The average Bonchev–Trinajstić information content (AvgIpc) is 2.95. The second-order valence-electron chi connectivity index (χ2n) is 6.44. The van der Waals surface area contributed by atoms with Crippen molar-refractivity contribution in [2.24, 2.45) is 0 Å². The molecule has 0 spiro atoms. The highest BCUT2D eigenvalue weighted by Crippen LogP contribution is 2.20. The first-order valence-corrected chi connectivity index (χ1v) is 8.64. The van der Waals surface area contributed by atoms with E-state index in [2.05, 4.69) is 10.3 Å². The largest absolute Gasteiger partial charge is 0.508 e. The summed E-state index contributed by atoms with van der Waals surface area (Å²) in [5.41, 5.74) is 2.57. The van der Waals surface area contributed by atoms with Crippen molar-refractivity contribution in [1.29, 1.82) is 0 Å². The molecule has 1 aromatic heterocycles. The van der Waals surface area contributed by atoms with Gasteiger partial charge in [0.1, 0.15) is 11.6 Å². The number of aromatic nitrogens is 2. The minimum atomic E-state index is -0.838. The van der Waals surface area contributed by atoms with Gasteiger partial charge in [0.05, 0.1) is 23.2 Å². The van der Waals surface area contributed by atoms with Crippen LogP contribution in [0.15, 0.2) is 48.5 Å². The highest BCUT2D eigenvalue weighted by atomic mass is 16.3. The molecular formula is C20H23N3O3. The van der Waals surface area contributed by atoms with E-state index in [1.807, 2.05) is 35.8 Å². The normalized spacial score (nSPS) is 13.5. The van der Waals surface area contributed by atoms with Crippen molar-refractivity contribution in [2.75, 3.05) is 0 Å². The monoisotopic (exact) mass is 353 g/mol. The minimum Gasteiger partial charge on any atom is -0.508 e. The molecule has 26 heavy (non-hydrogen) atoms. The van der Waals surface area contributed by atoms with E-state index in [1.165, 1.54) is 12.1 Å². The van der Waals surface area contributed by atoms with Gasteiger partial charge in [-0.25, -0.2) is 4.98 Å². The fraction of sp³-hybridized carbons (Fsp3) is 0.300. The Morgan fingerprint density at radius 1 is 1.19 bits per heavy atom. The lowest BCUT2D eigenvalue weighted by Crippen LogP contribution is -2.37. The quantitative estimate of drug-likeness (QED) is 0.636. The second kappa shape index (κ2) is 7.58. The molecule has 3 N–H and O–H groups in total. The Morgan fingerprint density at radius 3 is 2.62 bits per heavy atom. The summed E-state index contributed by atoms with van der Waals surface area (Å²) in [5, 5.41) is 22.5. The van der Waals surface area contributed by atoms with E-state index >= 15 is 0 Å². The maximum Gasteiger partial charge on any atom is 0.222 e. The number of hydrogen-bond donors (Lipinski definition) is 3. The third-order valence-electron chi connectivity index (χ3n) is 4.50. The van der Waals surface area contributed by atoms with Crippen LogP contribution in [0.2, 0.25) is 0 Å². The standard InChI is InChI=1S/C20H23N3O3/c1-13(20(26)15-7-9-16(24)10-8-15)21-19(25)11-12-23-14(2)22-17-5-3-4-6-18(17)23/h3-10,13,20,24,26H,11-12H2,1-2H3,(H,21,25)/t13-,20-/m1/s1. The molecular weight excluding hydrogens is 330 g/mol. The van der Waals surface area contributed by atoms with Gasteiger partial charge in [-0.15, -0.1) is 0 Å². The van der Waals surface area contributed by atoms with Crippen molar-refractivity contribution < 1.29 is 15.0 Å². The third kappa shape index (κ3) is 3.86. The number of rotatable bonds is 6. The van der Waals surface area contributed by atoms with Gasteiger partial charge in [-0.2, -0.15) is 0 Å². The van der Waals surface area contributed by atoms with Crippen LogP contribution in [0.25, 0.3) is 11.0 Å². The van der Waals surface area contributed by atoms with Crippen molar-refractivity contribution in [3.05, 3.63) is 59.9 Å². The van der Waals surface area contributed by atoms with Crippen LogP contribution in [-0.2, 0) is 11.3 Å². The van der Waals surface area contributed by atoms with Crippen LogP contribution >= 0.6 is 0 Å². The Kier molecular flexibility index (Phi) is 5.23. The SMILES string of the molecule is Cc1nc2ccccc2n1CCC(=O)N[C@H](C)[C@@H](O)c1ccc(O)cc1. The minimum absolute atomic E-state index is 0.132. The number of carbonyl (C=O) groups is 1. The van der Waals surface area contributed by atoms with Crippen LogP contribution < -0.4 is 5.32 Å². The van der Waals surface area contributed by atoms with Gasteiger partial charge < -0.3 is 20.1 Å². The number of phenols is 1. The Balaban J connectivity index is 1.59. The van der Waals surface area contributed by atoms with Crippen LogP contribution in [-0.4, -0.2) is 31.7 Å². The Hall–Kier alpha value is -2.86. The summed E-state index contributed by atoms with van der Waals surface area (Å²) in [6, 6.07) is 13.7. The summed E-state index contributed by atoms with van der Waals surface area (Å²) in [7, 11) is 0. The lowest BCUT2D eigenvalue weighted by atomic mass is 10.0. The molecule has 136 valence electrons. The molecule has 0 fully saturated rings. The number of aliphatic hydroxyl groups is 1. The van der Waals surface area contributed by atoms with E-state index in [0.29, 0.717) is 18.5 Å². The predicted octanol–water partition coefficient (Wildman–Crippen LogP) is 2.68. The van der Waals surface area contributed by atoms with E-state index in [4.69, 9.17) is 0 Å². The molecule has 0 aliphatic carbocycles. The van der Waals surface area contributed by atoms with E-state index < -0.39 is 12.1 Å². The van der Waals surface area contributed by atoms with Gasteiger partial charge in [0.2, 0.25) is 5.91 Å². The fourth-order valence-electron chi connectivity index (χ4n) is 3.06. The molecule has 2 atom stereocenters. The molecule has 6 heteroatoms. The molecule has 3 rings (SSSR count). The zero-order valence-corrected chi connectivity index (χ0v) is 14.9. The maximum absolute atomic E-state index is 12.3. The average molecular weight is 353 g/mol. The number of aryl methyl sites for hydroxylation is 2. The molecule has 3 aromatic rings. The van der Waals surface area contributed by atoms with Crippen LogP contribution in [0.3, 0.4) is 0 Å². The maximum atomic E-state index is 12.3. The highest BCUT2D eigenvalue weighted by Gasteiger charge is 2.18. The van der Waals surface area contributed by atoms with E-state index in [-0.39, 0.29) is 11.7 Å². The molecule has 1 heterocycles. The first-order valence-electron chi connectivity index (χ1n) is 8.64. The summed E-state index contributed by atoms with van der Waals surface area (Å²) in [6.45, 7) is 4.21. The van der Waals surface area contributed by atoms with E-state index in [9.17, 15) is 15.0 Å². The van der Waals surface area contributed by atoms with Gasteiger partial charge in [0.15, 0.2) is 0 Å². The van der Waals surface area contributed by atoms with Crippen LogP contribution in [0.1, 0.15) is 30.8 Å². The molecule has 0 aliphatic rings. The molecule has 0 unspecified atom stereocenters. The van der Waals surface area contributed by atoms with Gasteiger partial charge >= 0.3 is 0 Å². The zero-order chi connectivity index (χ0) is 18.7. The number of aliphatic hydroxyl groups excluding tert-OH is 1. The number of para-hydroxylation sites is 2. The Morgan fingerprint density at radius 2 is 1.88 bits per heavy atom. The molecule has 0 saturated heterocycles. The van der Waals surface area contributed by atoms with Crippen LogP contribution in [0.4, 0.5) is 0 Å². The number of carbonyl (C=O) groups excluding carboxylic acids is 1. The fourth-order valence-corrected chi connectivity index (χ4v) is 3.06.